The maximum atomic E-state index is 6.32. The van der Waals surface area contributed by atoms with E-state index in [0.717, 1.165) is 43.4 Å². The molecule has 0 fully saturated rings. The fraction of sp³-hybridized carbons (Fsp3) is 0.0370. The molecule has 0 bridgehead atoms. The van der Waals surface area contributed by atoms with E-state index in [1.165, 1.54) is 5.39 Å². The molecule has 2 heterocycles. The summed E-state index contributed by atoms with van der Waals surface area (Å²) in [7, 11) is 0. The number of fused-ring (bicyclic) bond motifs is 2. The van der Waals surface area contributed by atoms with Crippen LogP contribution in [0, 0.1) is 0 Å². The zero-order chi connectivity index (χ0) is 20.4. The van der Waals surface area contributed by atoms with Crippen molar-refractivity contribution in [1.82, 2.24) is 4.57 Å². The zero-order valence-corrected chi connectivity index (χ0v) is 16.6. The maximum Gasteiger partial charge on any atom is 0.159 e. The van der Waals surface area contributed by atoms with E-state index in [-0.39, 0.29) is 0 Å². The van der Waals surface area contributed by atoms with Gasteiger partial charge in [0, 0.05) is 26.6 Å². The number of allylic oxidation sites excluding steroid dienone is 3. The molecule has 0 unspecified atom stereocenters. The minimum absolute atomic E-state index is 0.777. The van der Waals surface area contributed by atoms with Crippen molar-refractivity contribution < 1.29 is 4.42 Å². The molecule has 29 heavy (non-hydrogen) atoms. The van der Waals surface area contributed by atoms with Crippen molar-refractivity contribution in [3.05, 3.63) is 102 Å². The minimum atomic E-state index is 0.777. The van der Waals surface area contributed by atoms with Crippen LogP contribution >= 0.6 is 0 Å². The Morgan fingerprint density at radius 2 is 1.48 bits per heavy atom. The van der Waals surface area contributed by atoms with E-state index < -0.39 is 0 Å². The van der Waals surface area contributed by atoms with Crippen LogP contribution in [0.1, 0.15) is 6.92 Å². The lowest BCUT2D eigenvalue weighted by molar-refractivity contribution is 0.574. The molecule has 0 saturated heterocycles. The number of para-hydroxylation sites is 2. The molecule has 0 amide bonds. The van der Waals surface area contributed by atoms with Crippen LogP contribution < -0.4 is 21.2 Å². The standard InChI is InChI=1S/C27H23NO/c1-5-12-19-20-15-9-10-17-24(20)28(23(19)8-4)25-18-11-16-22-21(13-6-2)26(14-7-3)29-27(22)25/h5-18H,1-3H2,4H3/b19-12-,21-13-,23-8+,26-14+. The van der Waals surface area contributed by atoms with E-state index in [1.807, 2.05) is 18.2 Å². The van der Waals surface area contributed by atoms with Gasteiger partial charge < -0.3 is 8.98 Å². The fourth-order valence-electron chi connectivity index (χ4n) is 3.96. The van der Waals surface area contributed by atoms with Crippen LogP contribution in [0.3, 0.4) is 0 Å². The van der Waals surface area contributed by atoms with Crippen LogP contribution in [0.15, 0.2) is 84.8 Å². The second-order valence-corrected chi connectivity index (χ2v) is 6.68. The summed E-state index contributed by atoms with van der Waals surface area (Å²) in [6.07, 6.45) is 13.4. The third kappa shape index (κ3) is 2.90. The maximum absolute atomic E-state index is 6.32. The van der Waals surface area contributed by atoms with E-state index in [4.69, 9.17) is 4.42 Å². The summed E-state index contributed by atoms with van der Waals surface area (Å²) < 4.78 is 8.58. The Bertz CT molecular complexity index is 1510. The molecular formula is C27H23NO. The summed E-state index contributed by atoms with van der Waals surface area (Å²) in [5.74, 6) is 0. The van der Waals surface area contributed by atoms with Crippen molar-refractivity contribution >= 4 is 46.2 Å². The van der Waals surface area contributed by atoms with Gasteiger partial charge in [-0.25, -0.2) is 0 Å². The summed E-state index contributed by atoms with van der Waals surface area (Å²) in [6, 6.07) is 14.6. The Morgan fingerprint density at radius 1 is 0.793 bits per heavy atom. The predicted molar refractivity (Wildman–Crippen MR) is 126 cm³/mol. The Balaban J connectivity index is 2.27. The van der Waals surface area contributed by atoms with Crippen molar-refractivity contribution in [2.75, 3.05) is 0 Å². The Labute approximate surface area is 169 Å². The summed E-state index contributed by atoms with van der Waals surface area (Å²) >= 11 is 0. The van der Waals surface area contributed by atoms with E-state index in [0.29, 0.717) is 0 Å². The van der Waals surface area contributed by atoms with Gasteiger partial charge in [-0.1, -0.05) is 86.5 Å². The first-order valence-corrected chi connectivity index (χ1v) is 9.61. The molecule has 2 heteroatoms. The lowest BCUT2D eigenvalue weighted by Crippen LogP contribution is -2.28. The Hall–Kier alpha value is -3.78. The van der Waals surface area contributed by atoms with Gasteiger partial charge in [0.1, 0.15) is 5.42 Å². The number of benzene rings is 2. The van der Waals surface area contributed by atoms with Gasteiger partial charge in [0.05, 0.1) is 11.2 Å². The smallest absolute Gasteiger partial charge is 0.159 e. The van der Waals surface area contributed by atoms with Crippen molar-refractivity contribution in [2.45, 2.75) is 6.92 Å². The molecule has 0 aliphatic rings. The number of aromatic nitrogens is 1. The first kappa shape index (κ1) is 18.6. The number of nitrogens with zero attached hydrogens (tertiary/aromatic N) is 1. The van der Waals surface area contributed by atoms with Gasteiger partial charge >= 0.3 is 0 Å². The van der Waals surface area contributed by atoms with Gasteiger partial charge in [-0.3, -0.25) is 0 Å². The lowest BCUT2D eigenvalue weighted by Gasteiger charge is -2.07. The first-order chi connectivity index (χ1) is 14.2. The van der Waals surface area contributed by atoms with E-state index >= 15 is 0 Å². The zero-order valence-electron chi connectivity index (χ0n) is 16.6. The second-order valence-electron chi connectivity index (χ2n) is 6.68. The monoisotopic (exact) mass is 377 g/mol. The number of hydrogen-bond donors (Lipinski definition) is 0. The molecule has 0 spiro atoms. The number of furan rings is 1. The average Bonchev–Trinajstić information content (AvgIpc) is 3.25. The van der Waals surface area contributed by atoms with Gasteiger partial charge in [-0.05, 0) is 25.1 Å². The molecule has 0 saturated carbocycles. The molecule has 0 atom stereocenters. The quantitative estimate of drug-likeness (QED) is 0.524. The minimum Gasteiger partial charge on any atom is -0.454 e. The molecule has 2 aromatic carbocycles. The van der Waals surface area contributed by atoms with Crippen molar-refractivity contribution in [3.63, 3.8) is 0 Å². The van der Waals surface area contributed by atoms with Crippen LogP contribution in [-0.4, -0.2) is 4.57 Å². The largest absolute Gasteiger partial charge is 0.454 e. The number of rotatable bonds is 4. The van der Waals surface area contributed by atoms with Gasteiger partial charge in [0.15, 0.2) is 5.58 Å². The molecule has 4 aromatic rings. The van der Waals surface area contributed by atoms with Crippen LogP contribution in [-0.2, 0) is 0 Å². The molecular weight excluding hydrogens is 354 g/mol. The van der Waals surface area contributed by atoms with Crippen LogP contribution in [0.4, 0.5) is 0 Å². The molecule has 0 radical (unpaired) electrons. The Morgan fingerprint density at radius 3 is 2.21 bits per heavy atom. The second kappa shape index (κ2) is 7.69. The molecule has 0 aliphatic heterocycles. The summed E-state index contributed by atoms with van der Waals surface area (Å²) in [6.45, 7) is 13.6. The molecule has 142 valence electrons. The van der Waals surface area contributed by atoms with Crippen LogP contribution in [0.25, 0.3) is 51.9 Å². The lowest BCUT2D eigenvalue weighted by atomic mass is 10.2. The summed E-state index contributed by atoms with van der Waals surface area (Å²) in [4.78, 5) is 0. The van der Waals surface area contributed by atoms with E-state index in [1.54, 1.807) is 12.2 Å². The number of hydrogen-bond acceptors (Lipinski definition) is 1. The molecule has 0 aliphatic carbocycles. The summed E-state index contributed by atoms with van der Waals surface area (Å²) in [5.41, 5.74) is 3.74. The summed E-state index contributed by atoms with van der Waals surface area (Å²) in [5, 5.41) is 5.49. The van der Waals surface area contributed by atoms with E-state index in [9.17, 15) is 0 Å². The van der Waals surface area contributed by atoms with Gasteiger partial charge in [-0.15, -0.1) is 0 Å². The Kier molecular flexibility index (Phi) is 4.92. The van der Waals surface area contributed by atoms with Crippen LogP contribution in [0.2, 0.25) is 0 Å². The van der Waals surface area contributed by atoms with Gasteiger partial charge in [-0.2, -0.15) is 0 Å². The molecule has 0 N–H and O–H groups in total. The van der Waals surface area contributed by atoms with Crippen molar-refractivity contribution in [1.29, 1.82) is 0 Å². The molecule has 2 aromatic heterocycles. The topological polar surface area (TPSA) is 18.1 Å². The van der Waals surface area contributed by atoms with Gasteiger partial charge in [0.2, 0.25) is 0 Å². The first-order valence-electron chi connectivity index (χ1n) is 9.61. The SMILES string of the molecule is C=C/C=c1\c(=C/C=C)oc2c(-n3c(=C/C)/c(=C\C=C)c4ccccc43)cccc12. The van der Waals surface area contributed by atoms with E-state index in [2.05, 4.69) is 85.8 Å². The van der Waals surface area contributed by atoms with Crippen molar-refractivity contribution in [3.8, 4) is 5.69 Å². The highest BCUT2D eigenvalue weighted by Gasteiger charge is 2.14. The third-order valence-electron chi connectivity index (χ3n) is 5.07. The van der Waals surface area contributed by atoms with Gasteiger partial charge in [0.25, 0.3) is 0 Å². The highest BCUT2D eigenvalue weighted by Crippen LogP contribution is 2.22. The third-order valence-corrected chi connectivity index (χ3v) is 5.07. The van der Waals surface area contributed by atoms with Crippen LogP contribution in [0.5, 0.6) is 0 Å². The highest BCUT2D eigenvalue weighted by atomic mass is 16.3. The predicted octanol–water partition coefficient (Wildman–Crippen LogP) is 4.08. The molecule has 4 rings (SSSR count). The average molecular weight is 377 g/mol. The normalized spacial score (nSPS) is 14.2. The van der Waals surface area contributed by atoms with Crippen molar-refractivity contribution in [2.24, 2.45) is 0 Å². The fourth-order valence-corrected chi connectivity index (χ4v) is 3.96. The molecule has 2 nitrogen and oxygen atoms in total. The highest BCUT2D eigenvalue weighted by molar-refractivity contribution is 5.91.